The van der Waals surface area contributed by atoms with E-state index in [1.54, 1.807) is 11.8 Å². The van der Waals surface area contributed by atoms with Gasteiger partial charge in [0.15, 0.2) is 5.17 Å². The van der Waals surface area contributed by atoms with Gasteiger partial charge in [-0.05, 0) is 24.5 Å². The van der Waals surface area contributed by atoms with Crippen LogP contribution in [0.15, 0.2) is 29.3 Å². The molecule has 14 heavy (non-hydrogen) atoms. The van der Waals surface area contributed by atoms with Gasteiger partial charge < -0.3 is 4.90 Å². The molecule has 1 aromatic rings. The van der Waals surface area contributed by atoms with Gasteiger partial charge in [-0.1, -0.05) is 29.4 Å². The zero-order valence-corrected chi connectivity index (χ0v) is 9.48. The zero-order chi connectivity index (χ0) is 9.97. The molecule has 0 radical (unpaired) electrons. The lowest BCUT2D eigenvalue weighted by molar-refractivity contribution is 1.02. The molecule has 0 bridgehead atoms. The van der Waals surface area contributed by atoms with E-state index in [2.05, 4.69) is 16.0 Å². The first-order valence-corrected chi connectivity index (χ1v) is 6.03. The molecule has 4 heteroatoms. The lowest BCUT2D eigenvalue weighted by Crippen LogP contribution is -2.24. The topological polar surface area (TPSA) is 15.6 Å². The Morgan fingerprint density at radius 3 is 3.07 bits per heavy atom. The molecule has 0 N–H and O–H groups in total. The quantitative estimate of drug-likeness (QED) is 0.732. The Labute approximate surface area is 93.0 Å². The molecule has 1 heterocycles. The van der Waals surface area contributed by atoms with E-state index < -0.39 is 0 Å². The van der Waals surface area contributed by atoms with Crippen molar-refractivity contribution >= 4 is 34.2 Å². The van der Waals surface area contributed by atoms with E-state index in [9.17, 15) is 0 Å². The molecule has 1 aliphatic heterocycles. The smallest absolute Gasteiger partial charge is 0.163 e. The second-order valence-electron chi connectivity index (χ2n) is 3.00. The predicted molar refractivity (Wildman–Crippen MR) is 64.6 cm³/mol. The third kappa shape index (κ3) is 1.88. The van der Waals surface area contributed by atoms with Crippen LogP contribution >= 0.6 is 23.4 Å². The fourth-order valence-corrected chi connectivity index (χ4v) is 2.31. The highest BCUT2D eigenvalue weighted by Gasteiger charge is 2.17. The van der Waals surface area contributed by atoms with Crippen LogP contribution in [0.1, 0.15) is 0 Å². The van der Waals surface area contributed by atoms with Gasteiger partial charge in [-0.3, -0.25) is 4.99 Å². The molecule has 1 aromatic carbocycles. The van der Waals surface area contributed by atoms with Crippen molar-refractivity contribution in [1.82, 2.24) is 0 Å². The number of hydrogen-bond acceptors (Lipinski definition) is 3. The van der Waals surface area contributed by atoms with Crippen molar-refractivity contribution in [3.05, 3.63) is 29.3 Å². The number of nitrogens with zero attached hydrogens (tertiary/aromatic N) is 2. The van der Waals surface area contributed by atoms with Crippen LogP contribution in [0.3, 0.4) is 0 Å². The van der Waals surface area contributed by atoms with Crippen LogP contribution in [-0.2, 0) is 0 Å². The molecule has 0 atom stereocenters. The average Bonchev–Trinajstić information content (AvgIpc) is 2.65. The number of halogens is 1. The Kier molecular flexibility index (Phi) is 2.99. The van der Waals surface area contributed by atoms with Gasteiger partial charge in [-0.15, -0.1) is 0 Å². The van der Waals surface area contributed by atoms with E-state index in [1.807, 2.05) is 24.5 Å². The third-order valence-electron chi connectivity index (χ3n) is 2.10. The lowest BCUT2D eigenvalue weighted by atomic mass is 10.3. The van der Waals surface area contributed by atoms with Gasteiger partial charge in [0.05, 0.1) is 6.54 Å². The molecule has 0 fully saturated rings. The maximum Gasteiger partial charge on any atom is 0.163 e. The van der Waals surface area contributed by atoms with Gasteiger partial charge in [-0.2, -0.15) is 0 Å². The summed E-state index contributed by atoms with van der Waals surface area (Å²) in [7, 11) is 0. The van der Waals surface area contributed by atoms with Crippen molar-refractivity contribution in [2.24, 2.45) is 4.99 Å². The minimum absolute atomic E-state index is 0.773. The minimum atomic E-state index is 0.773. The summed E-state index contributed by atoms with van der Waals surface area (Å²) in [5.41, 5.74) is 1.13. The SMILES string of the molecule is CSC1=NCCN1c1cccc(Cl)c1. The monoisotopic (exact) mass is 226 g/mol. The van der Waals surface area contributed by atoms with E-state index in [4.69, 9.17) is 11.6 Å². The van der Waals surface area contributed by atoms with Crippen LogP contribution in [0, 0.1) is 0 Å². The Morgan fingerprint density at radius 1 is 1.50 bits per heavy atom. The number of hydrogen-bond donors (Lipinski definition) is 0. The second-order valence-corrected chi connectivity index (χ2v) is 4.21. The molecule has 0 saturated heterocycles. The van der Waals surface area contributed by atoms with Crippen molar-refractivity contribution in [3.8, 4) is 0 Å². The molecule has 0 aromatic heterocycles. The summed E-state index contributed by atoms with van der Waals surface area (Å²) in [4.78, 5) is 6.60. The number of rotatable bonds is 1. The molecular weight excluding hydrogens is 216 g/mol. The van der Waals surface area contributed by atoms with E-state index in [0.29, 0.717) is 0 Å². The normalized spacial score (nSPS) is 15.9. The Bertz CT molecular complexity index is 365. The van der Waals surface area contributed by atoms with Crippen molar-refractivity contribution in [2.75, 3.05) is 24.2 Å². The second kappa shape index (κ2) is 4.24. The molecule has 0 unspecified atom stereocenters. The molecule has 0 spiro atoms. The average molecular weight is 227 g/mol. The number of amidine groups is 1. The summed E-state index contributed by atoms with van der Waals surface area (Å²) in [6.45, 7) is 1.83. The van der Waals surface area contributed by atoms with Crippen molar-refractivity contribution in [1.29, 1.82) is 0 Å². The number of benzene rings is 1. The van der Waals surface area contributed by atoms with Crippen LogP contribution in [0.2, 0.25) is 5.02 Å². The van der Waals surface area contributed by atoms with Crippen LogP contribution in [0.4, 0.5) is 5.69 Å². The number of aliphatic imine (C=N–C) groups is 1. The van der Waals surface area contributed by atoms with Crippen molar-refractivity contribution < 1.29 is 0 Å². The van der Waals surface area contributed by atoms with E-state index in [0.717, 1.165) is 29.0 Å². The largest absolute Gasteiger partial charge is 0.319 e. The standard InChI is InChI=1S/C10H11ClN2S/c1-14-10-12-5-6-13(10)9-4-2-3-8(11)7-9/h2-4,7H,5-6H2,1H3. The highest BCUT2D eigenvalue weighted by molar-refractivity contribution is 8.13. The van der Waals surface area contributed by atoms with Gasteiger partial charge >= 0.3 is 0 Å². The maximum atomic E-state index is 5.94. The molecule has 2 rings (SSSR count). The maximum absolute atomic E-state index is 5.94. The number of anilines is 1. The highest BCUT2D eigenvalue weighted by atomic mass is 35.5. The number of thioether (sulfide) groups is 1. The van der Waals surface area contributed by atoms with Gasteiger partial charge in [0.1, 0.15) is 0 Å². The summed E-state index contributed by atoms with van der Waals surface area (Å²) < 4.78 is 0. The van der Waals surface area contributed by atoms with Gasteiger partial charge in [0, 0.05) is 17.3 Å². The van der Waals surface area contributed by atoms with Crippen molar-refractivity contribution in [2.45, 2.75) is 0 Å². The highest BCUT2D eigenvalue weighted by Crippen LogP contribution is 2.24. The summed E-state index contributed by atoms with van der Waals surface area (Å²) in [6, 6.07) is 7.88. The van der Waals surface area contributed by atoms with Crippen molar-refractivity contribution in [3.63, 3.8) is 0 Å². The van der Waals surface area contributed by atoms with Crippen LogP contribution in [-0.4, -0.2) is 24.5 Å². The van der Waals surface area contributed by atoms with Crippen LogP contribution in [0.5, 0.6) is 0 Å². The van der Waals surface area contributed by atoms with E-state index in [-0.39, 0.29) is 0 Å². The first-order chi connectivity index (χ1) is 6.81. The summed E-state index contributed by atoms with van der Waals surface area (Å²) in [6.07, 6.45) is 2.04. The molecular formula is C10H11ClN2S. The molecule has 2 nitrogen and oxygen atoms in total. The Hall–Kier alpha value is -0.670. The zero-order valence-electron chi connectivity index (χ0n) is 7.90. The molecule has 1 aliphatic rings. The van der Waals surface area contributed by atoms with Crippen LogP contribution in [0.25, 0.3) is 0 Å². The summed E-state index contributed by atoms with van der Waals surface area (Å²) in [5.74, 6) is 0. The Balaban J connectivity index is 2.27. The first kappa shape index (κ1) is 9.87. The molecule has 0 amide bonds. The summed E-state index contributed by atoms with van der Waals surface area (Å²) in [5, 5.41) is 1.85. The predicted octanol–water partition coefficient (Wildman–Crippen LogP) is 2.88. The first-order valence-electron chi connectivity index (χ1n) is 4.43. The van der Waals surface area contributed by atoms with Crippen LogP contribution < -0.4 is 4.90 Å². The van der Waals surface area contributed by atoms with Gasteiger partial charge in [0.25, 0.3) is 0 Å². The summed E-state index contributed by atoms with van der Waals surface area (Å²) >= 11 is 7.61. The molecule has 0 aliphatic carbocycles. The third-order valence-corrected chi connectivity index (χ3v) is 3.05. The fourth-order valence-electron chi connectivity index (χ4n) is 1.48. The van der Waals surface area contributed by atoms with E-state index >= 15 is 0 Å². The minimum Gasteiger partial charge on any atom is -0.319 e. The molecule has 74 valence electrons. The molecule has 0 saturated carbocycles. The van der Waals surface area contributed by atoms with E-state index in [1.165, 1.54) is 0 Å². The van der Waals surface area contributed by atoms with Gasteiger partial charge in [0.2, 0.25) is 0 Å². The van der Waals surface area contributed by atoms with Gasteiger partial charge in [-0.25, -0.2) is 0 Å². The lowest BCUT2D eigenvalue weighted by Gasteiger charge is -2.18. The Morgan fingerprint density at radius 2 is 2.36 bits per heavy atom. The fraction of sp³-hybridized carbons (Fsp3) is 0.300.